The number of pyridine rings is 1. The Morgan fingerprint density at radius 3 is 2.44 bits per heavy atom. The third-order valence-electron chi connectivity index (χ3n) is 6.69. The van der Waals surface area contributed by atoms with Crippen molar-refractivity contribution in [1.82, 2.24) is 9.88 Å². The van der Waals surface area contributed by atoms with Crippen LogP contribution in [-0.2, 0) is 16.8 Å². The number of benzene rings is 2. The molecule has 0 spiro atoms. The van der Waals surface area contributed by atoms with Crippen molar-refractivity contribution in [3.8, 4) is 22.6 Å². The van der Waals surface area contributed by atoms with Crippen LogP contribution in [0.15, 0.2) is 59.6 Å². The van der Waals surface area contributed by atoms with Gasteiger partial charge < -0.3 is 15.2 Å². The number of aromatic nitrogens is 1. The Labute approximate surface area is 226 Å². The molecule has 0 bridgehead atoms. The number of aliphatic hydroxyl groups is 1. The highest BCUT2D eigenvalue weighted by Crippen LogP contribution is 2.42. The molecule has 2 N–H and O–H groups in total. The van der Waals surface area contributed by atoms with Gasteiger partial charge in [0.05, 0.1) is 5.60 Å². The van der Waals surface area contributed by atoms with E-state index in [1.165, 1.54) is 18.3 Å². The van der Waals surface area contributed by atoms with Crippen molar-refractivity contribution < 1.29 is 23.8 Å². The Hall–Kier alpha value is -4.30. The number of halogens is 1. The summed E-state index contributed by atoms with van der Waals surface area (Å²) in [6.45, 7) is 12.5. The summed E-state index contributed by atoms with van der Waals surface area (Å²) >= 11 is 0. The van der Waals surface area contributed by atoms with Gasteiger partial charge in [0.1, 0.15) is 17.3 Å². The summed E-state index contributed by atoms with van der Waals surface area (Å²) in [5.74, 6) is -0.494. The van der Waals surface area contributed by atoms with Gasteiger partial charge in [-0.15, -0.1) is 0 Å². The first-order chi connectivity index (χ1) is 18.3. The van der Waals surface area contributed by atoms with Crippen LogP contribution in [0.4, 0.5) is 4.39 Å². The molecule has 0 saturated heterocycles. The Morgan fingerprint density at radius 1 is 1.18 bits per heavy atom. The molecule has 202 valence electrons. The van der Waals surface area contributed by atoms with E-state index >= 15 is 0 Å². The number of carbonyl (C=O) groups is 2. The first-order valence-corrected chi connectivity index (χ1v) is 12.6. The average Bonchev–Trinajstić information content (AvgIpc) is 3.32. The molecule has 4 rings (SSSR count). The van der Waals surface area contributed by atoms with Crippen LogP contribution >= 0.6 is 0 Å². The summed E-state index contributed by atoms with van der Waals surface area (Å²) < 4.78 is 21.3. The summed E-state index contributed by atoms with van der Waals surface area (Å²) in [6, 6.07) is 7.87. The number of nitrogens with one attached hydrogen (secondary N) is 1. The number of hydrogen-bond acceptors (Lipinski definition) is 5. The second-order valence-electron chi connectivity index (χ2n) is 10.1. The smallest absolute Gasteiger partial charge is 0.261 e. The largest absolute Gasteiger partial charge is 0.456 e. The molecule has 39 heavy (non-hydrogen) atoms. The van der Waals surface area contributed by atoms with Gasteiger partial charge in [-0.3, -0.25) is 14.4 Å². The monoisotopic (exact) mass is 530 g/mol. The fourth-order valence-corrected chi connectivity index (χ4v) is 4.71. The van der Waals surface area contributed by atoms with Crippen LogP contribution in [0.1, 0.15) is 53.4 Å². The van der Waals surface area contributed by atoms with Gasteiger partial charge in [0, 0.05) is 41.4 Å². The van der Waals surface area contributed by atoms with E-state index in [1.54, 1.807) is 58.9 Å². The third kappa shape index (κ3) is 5.33. The van der Waals surface area contributed by atoms with E-state index < -0.39 is 17.1 Å². The molecule has 8 heteroatoms. The average molecular weight is 531 g/mol. The van der Waals surface area contributed by atoms with Crippen molar-refractivity contribution >= 4 is 17.9 Å². The van der Waals surface area contributed by atoms with Crippen LogP contribution in [0.25, 0.3) is 17.2 Å². The zero-order valence-electron chi connectivity index (χ0n) is 22.6. The van der Waals surface area contributed by atoms with Crippen molar-refractivity contribution in [3.63, 3.8) is 0 Å². The molecule has 0 saturated carbocycles. The molecule has 0 aliphatic heterocycles. The topological polar surface area (TPSA) is 97.6 Å². The molecule has 1 aromatic heterocycles. The van der Waals surface area contributed by atoms with Gasteiger partial charge >= 0.3 is 0 Å². The SMILES string of the molecule is C=CC(=O)n1cc(-c2cc(C(C)(C)O)ccc2Oc2c(C)cc(F)cc2C)c2c(c1=O)CC(C(=O)NCC)=C2. The predicted molar refractivity (Wildman–Crippen MR) is 149 cm³/mol. The molecule has 1 aliphatic carbocycles. The van der Waals surface area contributed by atoms with Crippen molar-refractivity contribution in [3.05, 3.63) is 98.7 Å². The minimum Gasteiger partial charge on any atom is -0.456 e. The molecule has 2 aromatic carbocycles. The van der Waals surface area contributed by atoms with E-state index in [0.717, 1.165) is 10.6 Å². The highest BCUT2D eigenvalue weighted by atomic mass is 19.1. The normalized spacial score (nSPS) is 12.5. The molecule has 1 aliphatic rings. The van der Waals surface area contributed by atoms with Gasteiger partial charge in [-0.25, -0.2) is 8.96 Å². The molecule has 0 radical (unpaired) electrons. The highest BCUT2D eigenvalue weighted by molar-refractivity contribution is 6.02. The van der Waals surface area contributed by atoms with E-state index in [-0.39, 0.29) is 23.7 Å². The minimum absolute atomic E-state index is 0.0514. The highest BCUT2D eigenvalue weighted by Gasteiger charge is 2.28. The van der Waals surface area contributed by atoms with Crippen molar-refractivity contribution in [1.29, 1.82) is 0 Å². The lowest BCUT2D eigenvalue weighted by Crippen LogP contribution is -2.29. The van der Waals surface area contributed by atoms with Gasteiger partial charge in [-0.1, -0.05) is 12.6 Å². The number of carbonyl (C=O) groups excluding carboxylic acids is 2. The van der Waals surface area contributed by atoms with Gasteiger partial charge in [0.2, 0.25) is 5.91 Å². The van der Waals surface area contributed by atoms with Crippen molar-refractivity contribution in [2.45, 2.75) is 46.6 Å². The Balaban J connectivity index is 2.03. The van der Waals surface area contributed by atoms with Crippen molar-refractivity contribution in [2.24, 2.45) is 0 Å². The van der Waals surface area contributed by atoms with Crippen LogP contribution in [0.3, 0.4) is 0 Å². The minimum atomic E-state index is -1.22. The standard InChI is InChI=1S/C31H31FN2O5/c1-7-27(35)34-16-25(22-13-19(29(36)33-8-2)14-24(22)30(34)37)23-15-20(31(5,6)38)9-10-26(23)39-28-17(3)11-21(32)12-18(28)4/h7,9-13,15-16,38H,1,8,14H2,2-6H3,(H,33,36). The number of hydrogen-bond donors (Lipinski definition) is 2. The second-order valence-corrected chi connectivity index (χ2v) is 10.1. The van der Waals surface area contributed by atoms with Crippen LogP contribution in [0.2, 0.25) is 0 Å². The number of nitrogens with zero attached hydrogens (tertiary/aromatic N) is 1. The van der Waals surface area contributed by atoms with Gasteiger partial charge in [-0.2, -0.15) is 0 Å². The number of ether oxygens (including phenoxy) is 1. The van der Waals surface area contributed by atoms with Crippen LogP contribution in [0, 0.1) is 19.7 Å². The van der Waals surface area contributed by atoms with Crippen LogP contribution < -0.4 is 15.6 Å². The Bertz CT molecular complexity index is 1590. The van der Waals surface area contributed by atoms with E-state index in [0.29, 0.717) is 57.0 Å². The summed E-state index contributed by atoms with van der Waals surface area (Å²) in [7, 11) is 0. The number of likely N-dealkylation sites (N-methyl/N-ethyl adjacent to an activating group) is 1. The fraction of sp³-hybridized carbons (Fsp3) is 0.258. The fourth-order valence-electron chi connectivity index (χ4n) is 4.71. The summed E-state index contributed by atoms with van der Waals surface area (Å²) in [5, 5.41) is 13.5. The zero-order valence-corrected chi connectivity index (χ0v) is 22.6. The maximum Gasteiger partial charge on any atom is 0.261 e. The number of allylic oxidation sites excluding steroid dienone is 1. The second kappa shape index (κ2) is 10.5. The molecule has 7 nitrogen and oxygen atoms in total. The lowest BCUT2D eigenvalue weighted by Gasteiger charge is -2.22. The van der Waals surface area contributed by atoms with E-state index in [1.807, 2.05) is 0 Å². The quantitative estimate of drug-likeness (QED) is 0.410. The first kappa shape index (κ1) is 27.7. The van der Waals surface area contributed by atoms with Gasteiger partial charge in [0.25, 0.3) is 11.5 Å². The Kier molecular flexibility index (Phi) is 7.44. The maximum atomic E-state index is 14.0. The van der Waals surface area contributed by atoms with Crippen LogP contribution in [0.5, 0.6) is 11.5 Å². The van der Waals surface area contributed by atoms with Gasteiger partial charge in [-0.05, 0) is 93.3 Å². The molecule has 0 unspecified atom stereocenters. The van der Waals surface area contributed by atoms with E-state index in [2.05, 4.69) is 11.9 Å². The van der Waals surface area contributed by atoms with Crippen molar-refractivity contribution in [2.75, 3.05) is 6.54 Å². The van der Waals surface area contributed by atoms with E-state index in [9.17, 15) is 23.9 Å². The number of amides is 1. The van der Waals surface area contributed by atoms with Crippen LogP contribution in [-0.4, -0.2) is 28.0 Å². The first-order valence-electron chi connectivity index (χ1n) is 12.6. The molecule has 1 amide bonds. The maximum absolute atomic E-state index is 14.0. The zero-order chi connectivity index (χ0) is 28.6. The molecular formula is C31H31FN2O5. The summed E-state index contributed by atoms with van der Waals surface area (Å²) in [4.78, 5) is 38.7. The summed E-state index contributed by atoms with van der Waals surface area (Å²) in [5.41, 5.74) is 2.07. The number of aryl methyl sites for hydroxylation is 2. The number of fused-ring (bicyclic) bond motifs is 1. The lowest BCUT2D eigenvalue weighted by molar-refractivity contribution is -0.117. The van der Waals surface area contributed by atoms with E-state index in [4.69, 9.17) is 4.74 Å². The molecule has 0 atom stereocenters. The Morgan fingerprint density at radius 2 is 1.85 bits per heavy atom. The molecule has 0 fully saturated rings. The third-order valence-corrected chi connectivity index (χ3v) is 6.69. The van der Waals surface area contributed by atoms with Gasteiger partial charge in [0.15, 0.2) is 0 Å². The molecule has 3 aromatic rings. The number of rotatable bonds is 7. The summed E-state index contributed by atoms with van der Waals surface area (Å²) in [6.07, 6.45) is 4.15. The molecule has 1 heterocycles. The molecular weight excluding hydrogens is 499 g/mol. The predicted octanol–water partition coefficient (Wildman–Crippen LogP) is 5.19. The lowest BCUT2D eigenvalue weighted by atomic mass is 9.92.